The lowest BCUT2D eigenvalue weighted by Crippen LogP contribution is -2.45. The third-order valence-corrected chi connectivity index (χ3v) is 16.8. The van der Waals surface area contributed by atoms with Crippen molar-refractivity contribution in [2.45, 2.75) is 386 Å². The van der Waals surface area contributed by atoms with E-state index in [9.17, 15) is 15.0 Å². The van der Waals surface area contributed by atoms with Crippen molar-refractivity contribution in [2.75, 3.05) is 6.61 Å². The van der Waals surface area contributed by atoms with Gasteiger partial charge < -0.3 is 15.5 Å². The number of amides is 1. The maximum Gasteiger partial charge on any atom is 0.220 e. The van der Waals surface area contributed by atoms with Crippen LogP contribution in [0.15, 0.2) is 109 Å². The Morgan fingerprint density at radius 2 is 0.524 bits per heavy atom. The third-order valence-electron chi connectivity index (χ3n) is 16.8. The van der Waals surface area contributed by atoms with Gasteiger partial charge in [-0.3, -0.25) is 4.79 Å². The number of aliphatic hydroxyl groups is 2. The Labute approximate surface area is 525 Å². The number of allylic oxidation sites excluding steroid dienone is 18. The summed E-state index contributed by atoms with van der Waals surface area (Å²) in [5, 5.41) is 23.5. The van der Waals surface area contributed by atoms with Gasteiger partial charge in [0.1, 0.15) is 0 Å². The molecule has 0 aliphatic carbocycles. The summed E-state index contributed by atoms with van der Waals surface area (Å²) >= 11 is 0. The fourth-order valence-corrected chi connectivity index (χ4v) is 11.2. The number of carbonyl (C=O) groups is 1. The number of rotatable bonds is 68. The monoisotopic (exact) mass is 1170 g/mol. The molecule has 84 heavy (non-hydrogen) atoms. The second kappa shape index (κ2) is 74.3. The van der Waals surface area contributed by atoms with E-state index in [4.69, 9.17) is 0 Å². The lowest BCUT2D eigenvalue weighted by atomic mass is 10.0. The van der Waals surface area contributed by atoms with Gasteiger partial charge in [-0.2, -0.15) is 0 Å². The first-order valence-corrected chi connectivity index (χ1v) is 37.1. The third kappa shape index (κ3) is 69.8. The van der Waals surface area contributed by atoms with Gasteiger partial charge in [-0.05, 0) is 83.5 Å². The zero-order valence-corrected chi connectivity index (χ0v) is 56.2. The lowest BCUT2D eigenvalue weighted by molar-refractivity contribution is -0.123. The van der Waals surface area contributed by atoms with Crippen LogP contribution in [-0.4, -0.2) is 34.9 Å². The SMILES string of the molecule is CC/C=C\C/C=C\C/C=C\C/C=C\C/C=C\C/C=C\C/C=C\C/C=C\C/C=C\CCCCCCCCCCCCCC(=O)NC(CO)C(O)CCCCCCCCCCCCCCCCCCCCCCCCCCCCCCCCCCC. The molecule has 0 aliphatic heterocycles. The van der Waals surface area contributed by atoms with Crippen molar-refractivity contribution >= 4 is 5.91 Å². The van der Waals surface area contributed by atoms with E-state index in [2.05, 4.69) is 129 Å². The minimum atomic E-state index is -0.669. The van der Waals surface area contributed by atoms with Crippen LogP contribution in [0.25, 0.3) is 0 Å². The standard InChI is InChI=1S/C80H143NO3/c1-3-5-7-9-11-13-15-17-19-21-23-25-27-29-31-33-35-37-38-39-40-41-42-44-46-48-50-52-54-56-58-60-62-64-66-68-70-72-74-76-80(84)81-78(77-82)79(83)75-73-71-69-67-65-63-61-59-57-55-53-51-49-47-45-43-36-34-32-30-28-26-24-22-20-18-16-14-12-10-8-6-4-2/h5,7,11,13,17,19,23,25,29,31,35,37,39-40,42,44,48,50,78-79,82-83H,3-4,6,8-10,12,14-16,18,20-22,24,26-28,30,32-34,36,38,41,43,45-47,49,51-77H2,1-2H3,(H,81,84)/b7-5-,13-11-,19-17-,25-23-,31-29-,37-35-,40-39-,44-42-,50-48-. The maximum absolute atomic E-state index is 12.6. The highest BCUT2D eigenvalue weighted by molar-refractivity contribution is 5.76. The molecule has 0 aromatic carbocycles. The highest BCUT2D eigenvalue weighted by atomic mass is 16.3. The fraction of sp³-hybridized carbons (Fsp3) is 0.762. The van der Waals surface area contributed by atoms with Crippen LogP contribution in [0.3, 0.4) is 0 Å². The van der Waals surface area contributed by atoms with Crippen molar-refractivity contribution < 1.29 is 15.0 Å². The van der Waals surface area contributed by atoms with Crippen LogP contribution in [0.2, 0.25) is 0 Å². The smallest absolute Gasteiger partial charge is 0.220 e. The number of hydrogen-bond donors (Lipinski definition) is 3. The summed E-state index contributed by atoms with van der Waals surface area (Å²) in [5.74, 6) is -0.0334. The number of nitrogens with one attached hydrogen (secondary N) is 1. The van der Waals surface area contributed by atoms with Crippen LogP contribution in [0.1, 0.15) is 373 Å². The molecule has 2 atom stereocenters. The molecule has 1 amide bonds. The molecule has 4 heteroatoms. The zero-order valence-electron chi connectivity index (χ0n) is 56.2. The summed E-state index contributed by atoms with van der Waals surface area (Å²) in [4.78, 5) is 12.6. The van der Waals surface area contributed by atoms with Gasteiger partial charge in [0.15, 0.2) is 0 Å². The zero-order chi connectivity index (χ0) is 60.5. The molecular weight excluding hydrogens is 1020 g/mol. The van der Waals surface area contributed by atoms with Crippen LogP contribution in [0.5, 0.6) is 0 Å². The largest absolute Gasteiger partial charge is 0.394 e. The molecule has 0 aliphatic rings. The van der Waals surface area contributed by atoms with E-state index in [1.807, 2.05) is 0 Å². The summed E-state index contributed by atoms with van der Waals surface area (Å²) in [6.45, 7) is 4.27. The summed E-state index contributed by atoms with van der Waals surface area (Å²) in [5.41, 5.74) is 0. The highest BCUT2D eigenvalue weighted by Crippen LogP contribution is 2.19. The van der Waals surface area contributed by atoms with E-state index in [1.54, 1.807) is 0 Å². The first kappa shape index (κ1) is 81.0. The number of hydrogen-bond acceptors (Lipinski definition) is 3. The van der Waals surface area contributed by atoms with E-state index in [0.29, 0.717) is 12.8 Å². The van der Waals surface area contributed by atoms with E-state index in [1.165, 1.54) is 263 Å². The van der Waals surface area contributed by atoms with Crippen LogP contribution >= 0.6 is 0 Å². The lowest BCUT2D eigenvalue weighted by Gasteiger charge is -2.22. The predicted octanol–water partition coefficient (Wildman–Crippen LogP) is 25.7. The van der Waals surface area contributed by atoms with Gasteiger partial charge in [0.05, 0.1) is 18.8 Å². The van der Waals surface area contributed by atoms with Gasteiger partial charge in [-0.1, -0.05) is 393 Å². The molecule has 0 aromatic heterocycles. The van der Waals surface area contributed by atoms with E-state index in [-0.39, 0.29) is 12.5 Å². The Balaban J connectivity index is 3.48. The van der Waals surface area contributed by atoms with Crippen molar-refractivity contribution in [3.63, 3.8) is 0 Å². The Morgan fingerprint density at radius 3 is 0.786 bits per heavy atom. The topological polar surface area (TPSA) is 69.6 Å². The molecule has 0 aromatic rings. The average Bonchev–Trinajstić information content (AvgIpc) is 3.51. The van der Waals surface area contributed by atoms with Crippen molar-refractivity contribution in [3.05, 3.63) is 109 Å². The molecule has 0 saturated carbocycles. The molecule has 0 radical (unpaired) electrons. The van der Waals surface area contributed by atoms with Crippen LogP contribution < -0.4 is 5.32 Å². The molecule has 3 N–H and O–H groups in total. The van der Waals surface area contributed by atoms with Gasteiger partial charge in [-0.15, -0.1) is 0 Å². The van der Waals surface area contributed by atoms with Crippen molar-refractivity contribution in [2.24, 2.45) is 0 Å². The molecule has 0 bridgehead atoms. The molecule has 0 fully saturated rings. The Bertz CT molecular complexity index is 1560. The van der Waals surface area contributed by atoms with Crippen LogP contribution in [-0.2, 0) is 4.79 Å². The molecule has 2 unspecified atom stereocenters. The number of aliphatic hydroxyl groups excluding tert-OH is 2. The molecule has 0 heterocycles. The van der Waals surface area contributed by atoms with Crippen LogP contribution in [0, 0.1) is 0 Å². The fourth-order valence-electron chi connectivity index (χ4n) is 11.2. The highest BCUT2D eigenvalue weighted by Gasteiger charge is 2.20. The molecule has 0 saturated heterocycles. The van der Waals surface area contributed by atoms with Gasteiger partial charge in [0.2, 0.25) is 5.91 Å². The van der Waals surface area contributed by atoms with E-state index in [0.717, 1.165) is 83.5 Å². The average molecular weight is 1170 g/mol. The second-order valence-electron chi connectivity index (χ2n) is 25.0. The van der Waals surface area contributed by atoms with E-state index < -0.39 is 12.1 Å². The summed E-state index contributed by atoms with van der Waals surface area (Å²) in [6, 6.07) is -0.547. The predicted molar refractivity (Wildman–Crippen MR) is 377 cm³/mol. The molecule has 0 rings (SSSR count). The summed E-state index contributed by atoms with van der Waals surface area (Å²) < 4.78 is 0. The van der Waals surface area contributed by atoms with Gasteiger partial charge >= 0.3 is 0 Å². The maximum atomic E-state index is 12.6. The normalized spacial score (nSPS) is 13.3. The van der Waals surface area contributed by atoms with Gasteiger partial charge in [-0.25, -0.2) is 0 Å². The Kier molecular flexibility index (Phi) is 71.7. The second-order valence-corrected chi connectivity index (χ2v) is 25.0. The van der Waals surface area contributed by atoms with Crippen molar-refractivity contribution in [1.82, 2.24) is 5.32 Å². The van der Waals surface area contributed by atoms with Gasteiger partial charge in [0, 0.05) is 6.42 Å². The van der Waals surface area contributed by atoms with E-state index >= 15 is 0 Å². The minimum Gasteiger partial charge on any atom is -0.394 e. The van der Waals surface area contributed by atoms with Crippen molar-refractivity contribution in [3.8, 4) is 0 Å². The molecule has 0 spiro atoms. The summed E-state index contributed by atoms with van der Waals surface area (Å²) in [6.07, 6.45) is 112. The summed E-state index contributed by atoms with van der Waals surface area (Å²) in [7, 11) is 0. The number of unbranched alkanes of at least 4 members (excludes halogenated alkanes) is 43. The molecule has 4 nitrogen and oxygen atoms in total. The first-order valence-electron chi connectivity index (χ1n) is 37.1. The quantitative estimate of drug-likeness (QED) is 0.0420. The van der Waals surface area contributed by atoms with Crippen molar-refractivity contribution in [1.29, 1.82) is 0 Å². The number of carbonyl (C=O) groups excluding carboxylic acids is 1. The van der Waals surface area contributed by atoms with Gasteiger partial charge in [0.25, 0.3) is 0 Å². The first-order chi connectivity index (χ1) is 41.7. The molecular formula is C80H143NO3. The molecule has 486 valence electrons. The Hall–Kier alpha value is -2.95. The minimum absolute atomic E-state index is 0.0334. The Morgan fingerprint density at radius 1 is 0.298 bits per heavy atom. The van der Waals surface area contributed by atoms with Crippen LogP contribution in [0.4, 0.5) is 0 Å².